The van der Waals surface area contributed by atoms with Crippen LogP contribution in [0.15, 0.2) is 23.6 Å². The van der Waals surface area contributed by atoms with Gasteiger partial charge in [-0.05, 0) is 34.9 Å². The molecule has 2 aromatic rings. The second kappa shape index (κ2) is 6.41. The van der Waals surface area contributed by atoms with Gasteiger partial charge in [0.1, 0.15) is 0 Å². The van der Waals surface area contributed by atoms with Crippen LogP contribution in [0.2, 0.25) is 5.02 Å². The van der Waals surface area contributed by atoms with Crippen LogP contribution in [0.4, 0.5) is 0 Å². The first kappa shape index (κ1) is 14.3. The van der Waals surface area contributed by atoms with Crippen LogP contribution in [0.25, 0.3) is 10.1 Å². The second-order valence-corrected chi connectivity index (χ2v) is 6.58. The standard InChI is InChI=1S/C15H19ClN2OS/c16-11-1-2-12-13(10-20-15(12)9-11)14(19)3-6-18-7-4-17-5-8-18/h1-2,9-10,14,17,19H,3-8H2. The summed E-state index contributed by atoms with van der Waals surface area (Å²) in [4.78, 5) is 2.41. The Morgan fingerprint density at radius 2 is 2.15 bits per heavy atom. The van der Waals surface area contributed by atoms with Crippen molar-refractivity contribution in [2.45, 2.75) is 12.5 Å². The third-order valence-electron chi connectivity index (χ3n) is 3.85. The van der Waals surface area contributed by atoms with E-state index in [1.165, 1.54) is 0 Å². The van der Waals surface area contributed by atoms with Crippen LogP contribution >= 0.6 is 22.9 Å². The first-order valence-electron chi connectivity index (χ1n) is 7.02. The van der Waals surface area contributed by atoms with Crippen LogP contribution < -0.4 is 5.32 Å². The van der Waals surface area contributed by atoms with Crippen molar-refractivity contribution in [3.05, 3.63) is 34.2 Å². The van der Waals surface area contributed by atoms with E-state index in [0.29, 0.717) is 0 Å². The van der Waals surface area contributed by atoms with Crippen LogP contribution in [0.5, 0.6) is 0 Å². The lowest BCUT2D eigenvalue weighted by molar-refractivity contribution is 0.138. The molecule has 2 N–H and O–H groups in total. The zero-order valence-corrected chi connectivity index (χ0v) is 12.9. The molecule has 0 aliphatic carbocycles. The number of thiophene rings is 1. The van der Waals surface area contributed by atoms with Crippen LogP contribution in [0.1, 0.15) is 18.1 Å². The molecule has 5 heteroatoms. The predicted octanol–water partition coefficient (Wildman–Crippen LogP) is 2.88. The fraction of sp³-hybridized carbons (Fsp3) is 0.467. The molecule has 1 aliphatic heterocycles. The predicted molar refractivity (Wildman–Crippen MR) is 85.7 cm³/mol. The van der Waals surface area contributed by atoms with Gasteiger partial charge in [-0.3, -0.25) is 0 Å². The molecule has 3 nitrogen and oxygen atoms in total. The monoisotopic (exact) mass is 310 g/mol. The van der Waals surface area contributed by atoms with E-state index in [2.05, 4.69) is 15.6 Å². The summed E-state index contributed by atoms with van der Waals surface area (Å²) in [6.45, 7) is 5.21. The second-order valence-electron chi connectivity index (χ2n) is 5.23. The van der Waals surface area contributed by atoms with Crippen molar-refractivity contribution in [1.82, 2.24) is 10.2 Å². The molecular weight excluding hydrogens is 292 g/mol. The summed E-state index contributed by atoms with van der Waals surface area (Å²) < 4.78 is 1.15. The quantitative estimate of drug-likeness (QED) is 0.911. The maximum atomic E-state index is 10.4. The number of nitrogens with one attached hydrogen (secondary N) is 1. The molecule has 0 saturated carbocycles. The van der Waals surface area contributed by atoms with Gasteiger partial charge < -0.3 is 15.3 Å². The van der Waals surface area contributed by atoms with E-state index in [9.17, 15) is 5.11 Å². The lowest BCUT2D eigenvalue weighted by atomic mass is 10.1. The molecule has 0 radical (unpaired) electrons. The summed E-state index contributed by atoms with van der Waals surface area (Å²) in [5.74, 6) is 0. The zero-order valence-electron chi connectivity index (χ0n) is 11.3. The first-order chi connectivity index (χ1) is 9.74. The minimum absolute atomic E-state index is 0.389. The van der Waals surface area contributed by atoms with Crippen LogP contribution in [0, 0.1) is 0 Å². The van der Waals surface area contributed by atoms with Gasteiger partial charge in [0.25, 0.3) is 0 Å². The minimum Gasteiger partial charge on any atom is -0.388 e. The van der Waals surface area contributed by atoms with E-state index in [-0.39, 0.29) is 6.10 Å². The van der Waals surface area contributed by atoms with Gasteiger partial charge in [-0.2, -0.15) is 0 Å². The number of hydrogen-bond donors (Lipinski definition) is 2. The lowest BCUT2D eigenvalue weighted by Gasteiger charge is -2.27. The average molecular weight is 311 g/mol. The van der Waals surface area contributed by atoms with Crippen molar-refractivity contribution in [1.29, 1.82) is 0 Å². The van der Waals surface area contributed by atoms with Gasteiger partial charge in [0.2, 0.25) is 0 Å². The molecule has 0 amide bonds. The molecule has 1 saturated heterocycles. The third-order valence-corrected chi connectivity index (χ3v) is 5.05. The smallest absolute Gasteiger partial charge is 0.0816 e. The van der Waals surface area contributed by atoms with Crippen molar-refractivity contribution in [3.8, 4) is 0 Å². The fourth-order valence-corrected chi connectivity index (χ4v) is 3.96. The number of aliphatic hydroxyl groups excluding tert-OH is 1. The van der Waals surface area contributed by atoms with Crippen molar-refractivity contribution >= 4 is 33.0 Å². The summed E-state index contributed by atoms with van der Waals surface area (Å²) in [6.07, 6.45) is 0.397. The van der Waals surface area contributed by atoms with Crippen LogP contribution in [-0.2, 0) is 0 Å². The number of aliphatic hydroxyl groups is 1. The van der Waals surface area contributed by atoms with Gasteiger partial charge >= 0.3 is 0 Å². The molecule has 2 heterocycles. The fourth-order valence-electron chi connectivity index (χ4n) is 2.68. The van der Waals surface area contributed by atoms with E-state index in [0.717, 1.165) is 59.8 Å². The number of benzene rings is 1. The number of rotatable bonds is 4. The Morgan fingerprint density at radius 1 is 1.35 bits per heavy atom. The van der Waals surface area contributed by atoms with Crippen molar-refractivity contribution in [2.75, 3.05) is 32.7 Å². The molecule has 20 heavy (non-hydrogen) atoms. The number of hydrogen-bond acceptors (Lipinski definition) is 4. The minimum atomic E-state index is -0.389. The van der Waals surface area contributed by atoms with Gasteiger partial charge in [-0.15, -0.1) is 11.3 Å². The van der Waals surface area contributed by atoms with E-state index in [1.54, 1.807) is 11.3 Å². The zero-order chi connectivity index (χ0) is 13.9. The van der Waals surface area contributed by atoms with Crippen molar-refractivity contribution < 1.29 is 5.11 Å². The van der Waals surface area contributed by atoms with Gasteiger partial charge in [0, 0.05) is 42.4 Å². The SMILES string of the molecule is OC(CCN1CCNCC1)c1csc2cc(Cl)ccc12. The number of halogens is 1. The van der Waals surface area contributed by atoms with Gasteiger partial charge in [-0.25, -0.2) is 0 Å². The Kier molecular flexibility index (Phi) is 4.58. The summed E-state index contributed by atoms with van der Waals surface area (Å²) in [5, 5.41) is 17.7. The number of fused-ring (bicyclic) bond motifs is 1. The molecule has 0 spiro atoms. The first-order valence-corrected chi connectivity index (χ1v) is 8.27. The third kappa shape index (κ3) is 3.15. The Hall–Kier alpha value is -0.650. The maximum Gasteiger partial charge on any atom is 0.0816 e. The van der Waals surface area contributed by atoms with Gasteiger partial charge in [0.05, 0.1) is 6.10 Å². The Labute approximate surface area is 128 Å². The molecule has 1 atom stereocenters. The highest BCUT2D eigenvalue weighted by Crippen LogP contribution is 2.33. The molecule has 0 bridgehead atoms. The molecule has 108 valence electrons. The maximum absolute atomic E-state index is 10.4. The van der Waals surface area contributed by atoms with E-state index in [1.807, 2.05) is 18.2 Å². The van der Waals surface area contributed by atoms with Crippen molar-refractivity contribution in [2.24, 2.45) is 0 Å². The number of nitrogens with zero attached hydrogens (tertiary/aromatic N) is 1. The molecule has 1 aromatic carbocycles. The largest absolute Gasteiger partial charge is 0.388 e. The highest BCUT2D eigenvalue weighted by atomic mass is 35.5. The lowest BCUT2D eigenvalue weighted by Crippen LogP contribution is -2.44. The summed E-state index contributed by atoms with van der Waals surface area (Å²) in [6, 6.07) is 5.87. The molecule has 3 rings (SSSR count). The van der Waals surface area contributed by atoms with Gasteiger partial charge in [0.15, 0.2) is 0 Å². The summed E-state index contributed by atoms with van der Waals surface area (Å²) >= 11 is 7.65. The van der Waals surface area contributed by atoms with Gasteiger partial charge in [-0.1, -0.05) is 17.7 Å². The van der Waals surface area contributed by atoms with Crippen molar-refractivity contribution in [3.63, 3.8) is 0 Å². The molecule has 1 fully saturated rings. The van der Waals surface area contributed by atoms with E-state index < -0.39 is 0 Å². The van der Waals surface area contributed by atoms with E-state index in [4.69, 9.17) is 11.6 Å². The van der Waals surface area contributed by atoms with Crippen LogP contribution in [0.3, 0.4) is 0 Å². The normalized spacial score (nSPS) is 18.5. The Morgan fingerprint density at radius 3 is 2.95 bits per heavy atom. The highest BCUT2D eigenvalue weighted by Gasteiger charge is 2.16. The molecule has 1 aromatic heterocycles. The number of piperazine rings is 1. The van der Waals surface area contributed by atoms with E-state index >= 15 is 0 Å². The molecule has 1 aliphatic rings. The average Bonchev–Trinajstić information content (AvgIpc) is 2.89. The topological polar surface area (TPSA) is 35.5 Å². The van der Waals surface area contributed by atoms with Crippen LogP contribution in [-0.4, -0.2) is 42.7 Å². The summed E-state index contributed by atoms with van der Waals surface area (Å²) in [5.41, 5.74) is 1.04. The Bertz CT molecular complexity index is 580. The Balaban J connectivity index is 1.67. The molecule has 1 unspecified atom stereocenters. The summed E-state index contributed by atoms with van der Waals surface area (Å²) in [7, 11) is 0. The molecular formula is C15H19ClN2OS. The highest BCUT2D eigenvalue weighted by molar-refractivity contribution is 7.17.